The van der Waals surface area contributed by atoms with Crippen LogP contribution in [0.2, 0.25) is 0 Å². The Balaban J connectivity index is 0.000000765. The summed E-state index contributed by atoms with van der Waals surface area (Å²) >= 11 is 0. The molecule has 0 spiro atoms. The summed E-state index contributed by atoms with van der Waals surface area (Å²) in [5, 5.41) is 13.9. The molecular weight excluding hydrogens is 366 g/mol. The van der Waals surface area contributed by atoms with Gasteiger partial charge in [-0.1, -0.05) is 26.0 Å². The zero-order valence-electron chi connectivity index (χ0n) is 13.9. The highest BCUT2D eigenvalue weighted by Crippen LogP contribution is 2.42. The fourth-order valence-corrected chi connectivity index (χ4v) is 2.93. The number of hydrogen-bond acceptors (Lipinski definition) is 1. The predicted octanol–water partition coefficient (Wildman–Crippen LogP) is 6.19. The van der Waals surface area contributed by atoms with Gasteiger partial charge >= 0.3 is 18.5 Å². The molecule has 9 heteroatoms. The van der Waals surface area contributed by atoms with Crippen LogP contribution >= 0.6 is 0 Å². The molecule has 1 aromatic rings. The Kier molecular flexibility index (Phi) is 6.38. The first kappa shape index (κ1) is 21.9. The van der Waals surface area contributed by atoms with Crippen LogP contribution in [-0.2, 0) is 17.8 Å². The van der Waals surface area contributed by atoms with Crippen LogP contribution in [0.25, 0.3) is 0 Å². The summed E-state index contributed by atoms with van der Waals surface area (Å²) in [5.74, 6) is 0.207. The van der Waals surface area contributed by atoms with Crippen molar-refractivity contribution in [1.29, 1.82) is 0 Å². The highest BCUT2D eigenvalue weighted by atomic mass is 19.4. The molecule has 3 nitrogen and oxygen atoms in total. The molecule has 0 fully saturated rings. The first-order valence-corrected chi connectivity index (χ1v) is 7.54. The summed E-state index contributed by atoms with van der Waals surface area (Å²) in [5.41, 5.74) is -3.29. The second kappa shape index (κ2) is 7.59. The second-order valence-corrected chi connectivity index (χ2v) is 6.44. The maximum absolute atomic E-state index is 12.9. The van der Waals surface area contributed by atoms with E-state index >= 15 is 0 Å². The van der Waals surface area contributed by atoms with E-state index in [1.54, 1.807) is 13.0 Å². The lowest BCUT2D eigenvalue weighted by Crippen LogP contribution is -2.26. The molecule has 0 saturated heterocycles. The van der Waals surface area contributed by atoms with Crippen molar-refractivity contribution in [2.24, 2.45) is 5.92 Å². The Morgan fingerprint density at radius 2 is 1.46 bits per heavy atom. The fourth-order valence-electron chi connectivity index (χ4n) is 2.93. The molecule has 2 N–H and O–H groups in total. The van der Waals surface area contributed by atoms with E-state index in [4.69, 9.17) is 15.0 Å². The number of benzene rings is 1. The SMILES string of the molecule is CC1CC=CC(C)(c2cc(C(F)(F)F)cc(C(F)(F)F)c2)C1.O=C(O)O. The Labute approximate surface area is 145 Å². The molecule has 0 aliphatic heterocycles. The van der Waals surface area contributed by atoms with E-state index in [1.807, 2.05) is 13.0 Å². The van der Waals surface area contributed by atoms with Crippen LogP contribution in [0.4, 0.5) is 31.1 Å². The van der Waals surface area contributed by atoms with Gasteiger partial charge in [-0.15, -0.1) is 0 Å². The number of carboxylic acid groups (broad SMARTS) is 2. The van der Waals surface area contributed by atoms with Crippen molar-refractivity contribution in [2.75, 3.05) is 0 Å². The standard InChI is InChI=1S/C16H16F6.CH2O3/c1-10-4-3-5-14(2,9-10)11-6-12(15(17,18)19)8-13(7-11)16(20,21)22;2-1(3)4/h3,5-8,10H,4,9H2,1-2H3;(H2,2,3,4). The van der Waals surface area contributed by atoms with E-state index < -0.39 is 35.0 Å². The average molecular weight is 384 g/mol. The molecule has 0 aromatic heterocycles. The van der Waals surface area contributed by atoms with Crippen LogP contribution in [-0.4, -0.2) is 16.4 Å². The molecule has 2 unspecified atom stereocenters. The van der Waals surface area contributed by atoms with Crippen LogP contribution in [0.3, 0.4) is 0 Å². The highest BCUT2D eigenvalue weighted by molar-refractivity contribution is 5.53. The highest BCUT2D eigenvalue weighted by Gasteiger charge is 2.39. The van der Waals surface area contributed by atoms with Crippen molar-refractivity contribution in [3.8, 4) is 0 Å². The first-order chi connectivity index (χ1) is 11.6. The number of hydrogen-bond donors (Lipinski definition) is 2. The molecule has 26 heavy (non-hydrogen) atoms. The van der Waals surface area contributed by atoms with Crippen LogP contribution in [0.15, 0.2) is 30.4 Å². The Morgan fingerprint density at radius 1 is 1.04 bits per heavy atom. The van der Waals surface area contributed by atoms with Crippen molar-refractivity contribution in [1.82, 2.24) is 0 Å². The molecule has 0 heterocycles. The smallest absolute Gasteiger partial charge is 0.450 e. The van der Waals surface area contributed by atoms with Crippen LogP contribution in [0.5, 0.6) is 0 Å². The lowest BCUT2D eigenvalue weighted by atomic mass is 9.71. The molecule has 146 valence electrons. The van der Waals surface area contributed by atoms with E-state index in [0.29, 0.717) is 6.42 Å². The lowest BCUT2D eigenvalue weighted by Gasteiger charge is -2.34. The van der Waals surface area contributed by atoms with Gasteiger partial charge in [0.05, 0.1) is 11.1 Å². The summed E-state index contributed by atoms with van der Waals surface area (Å²) in [6.07, 6.45) is -6.63. The normalized spacial score (nSPS) is 23.2. The van der Waals surface area contributed by atoms with E-state index in [1.165, 1.54) is 0 Å². The summed E-state index contributed by atoms with van der Waals surface area (Å²) < 4.78 is 77.5. The first-order valence-electron chi connectivity index (χ1n) is 7.54. The molecule has 2 rings (SSSR count). The molecule has 0 radical (unpaired) electrons. The molecule has 1 aliphatic carbocycles. The van der Waals surface area contributed by atoms with Gasteiger partial charge in [0.15, 0.2) is 0 Å². The number of carbonyl (C=O) groups is 1. The zero-order chi connectivity index (χ0) is 20.3. The monoisotopic (exact) mass is 384 g/mol. The van der Waals surface area contributed by atoms with Gasteiger partial charge in [-0.25, -0.2) is 4.79 Å². The van der Waals surface area contributed by atoms with E-state index in [-0.39, 0.29) is 17.5 Å². The Hall–Kier alpha value is -2.19. The van der Waals surface area contributed by atoms with Crippen molar-refractivity contribution in [3.05, 3.63) is 47.0 Å². The minimum Gasteiger partial charge on any atom is -0.450 e. The largest absolute Gasteiger partial charge is 0.503 e. The minimum absolute atomic E-state index is 0.0532. The summed E-state index contributed by atoms with van der Waals surface area (Å²) in [7, 11) is 0. The van der Waals surface area contributed by atoms with Crippen molar-refractivity contribution < 1.29 is 41.4 Å². The van der Waals surface area contributed by atoms with Gasteiger partial charge in [0.25, 0.3) is 0 Å². The van der Waals surface area contributed by atoms with Crippen molar-refractivity contribution >= 4 is 6.16 Å². The predicted molar refractivity (Wildman–Crippen MR) is 82.0 cm³/mol. The third-order valence-corrected chi connectivity index (χ3v) is 4.04. The summed E-state index contributed by atoms with van der Waals surface area (Å²) in [6, 6.07) is 1.83. The minimum atomic E-state index is -4.81. The maximum Gasteiger partial charge on any atom is 0.503 e. The molecule has 1 aliphatic rings. The van der Waals surface area contributed by atoms with Gasteiger partial charge < -0.3 is 10.2 Å². The topological polar surface area (TPSA) is 57.5 Å². The van der Waals surface area contributed by atoms with Crippen molar-refractivity contribution in [2.45, 2.75) is 44.5 Å². The van der Waals surface area contributed by atoms with Gasteiger partial charge in [0, 0.05) is 5.41 Å². The third-order valence-electron chi connectivity index (χ3n) is 4.04. The van der Waals surface area contributed by atoms with Crippen molar-refractivity contribution in [3.63, 3.8) is 0 Å². The van der Waals surface area contributed by atoms with E-state index in [9.17, 15) is 26.3 Å². The molecule has 2 atom stereocenters. The molecule has 0 bridgehead atoms. The molecule has 0 amide bonds. The number of allylic oxidation sites excluding steroid dienone is 2. The van der Waals surface area contributed by atoms with Crippen LogP contribution in [0.1, 0.15) is 43.4 Å². The van der Waals surface area contributed by atoms with Crippen LogP contribution in [0, 0.1) is 5.92 Å². The van der Waals surface area contributed by atoms with Gasteiger partial charge in [-0.05, 0) is 42.5 Å². The summed E-state index contributed by atoms with van der Waals surface area (Å²) in [6.45, 7) is 3.61. The lowest BCUT2D eigenvalue weighted by molar-refractivity contribution is -0.143. The fraction of sp³-hybridized carbons (Fsp3) is 0.471. The number of halogens is 6. The van der Waals surface area contributed by atoms with Gasteiger partial charge in [0.1, 0.15) is 0 Å². The van der Waals surface area contributed by atoms with E-state index in [2.05, 4.69) is 0 Å². The molecular formula is C17H18F6O3. The maximum atomic E-state index is 12.9. The van der Waals surface area contributed by atoms with Crippen LogP contribution < -0.4 is 0 Å². The number of alkyl halides is 6. The van der Waals surface area contributed by atoms with E-state index in [0.717, 1.165) is 18.6 Å². The Morgan fingerprint density at radius 3 is 1.81 bits per heavy atom. The Bertz CT molecular complexity index is 642. The summed E-state index contributed by atoms with van der Waals surface area (Å²) in [4.78, 5) is 8.56. The van der Waals surface area contributed by atoms with Gasteiger partial charge in [-0.3, -0.25) is 0 Å². The third kappa shape index (κ3) is 5.96. The quantitative estimate of drug-likeness (QED) is 0.448. The second-order valence-electron chi connectivity index (χ2n) is 6.44. The number of rotatable bonds is 1. The molecule has 1 aromatic carbocycles. The van der Waals surface area contributed by atoms with Gasteiger partial charge in [0.2, 0.25) is 0 Å². The van der Waals surface area contributed by atoms with Gasteiger partial charge in [-0.2, -0.15) is 26.3 Å². The zero-order valence-corrected chi connectivity index (χ0v) is 13.9. The molecule has 0 saturated carbocycles. The average Bonchev–Trinajstić information content (AvgIpc) is 2.44.